The summed E-state index contributed by atoms with van der Waals surface area (Å²) in [6.07, 6.45) is -4.44. The SMILES string of the molecule is N#Cc1cc(I)c(OCC(F)(F)F)cc1C#N. The Morgan fingerprint density at radius 1 is 1.18 bits per heavy atom. The number of nitrogens with zero attached hydrogens (tertiary/aromatic N) is 2. The molecule has 0 saturated heterocycles. The molecule has 0 bridgehead atoms. The third kappa shape index (κ3) is 3.79. The van der Waals surface area contributed by atoms with E-state index in [-0.39, 0.29) is 16.9 Å². The van der Waals surface area contributed by atoms with Gasteiger partial charge in [0.05, 0.1) is 14.7 Å². The molecule has 0 aliphatic carbocycles. The van der Waals surface area contributed by atoms with Crippen LogP contribution in [0.1, 0.15) is 11.1 Å². The van der Waals surface area contributed by atoms with Crippen LogP contribution in [-0.2, 0) is 0 Å². The number of nitriles is 2. The molecule has 0 aliphatic heterocycles. The van der Waals surface area contributed by atoms with Crippen LogP contribution in [0.3, 0.4) is 0 Å². The fourth-order valence-electron chi connectivity index (χ4n) is 1.01. The lowest BCUT2D eigenvalue weighted by Crippen LogP contribution is -2.19. The molecule has 0 atom stereocenters. The fourth-order valence-corrected chi connectivity index (χ4v) is 1.63. The van der Waals surface area contributed by atoms with Gasteiger partial charge in [0, 0.05) is 6.07 Å². The molecule has 0 radical (unpaired) electrons. The van der Waals surface area contributed by atoms with Gasteiger partial charge in [-0.25, -0.2) is 0 Å². The Labute approximate surface area is 109 Å². The van der Waals surface area contributed by atoms with Crippen LogP contribution >= 0.6 is 22.6 Å². The van der Waals surface area contributed by atoms with Gasteiger partial charge in [0.25, 0.3) is 0 Å². The number of benzene rings is 1. The van der Waals surface area contributed by atoms with Crippen LogP contribution in [-0.4, -0.2) is 12.8 Å². The highest BCUT2D eigenvalue weighted by atomic mass is 127. The maximum absolute atomic E-state index is 12.0. The van der Waals surface area contributed by atoms with Crippen molar-refractivity contribution in [2.45, 2.75) is 6.18 Å². The average Bonchev–Trinajstić information content (AvgIpc) is 2.25. The largest absolute Gasteiger partial charge is 0.483 e. The molecule has 0 saturated carbocycles. The molecule has 0 amide bonds. The summed E-state index contributed by atoms with van der Waals surface area (Å²) < 4.78 is 40.8. The van der Waals surface area contributed by atoms with Gasteiger partial charge in [-0.2, -0.15) is 23.7 Å². The predicted molar refractivity (Wildman–Crippen MR) is 60.1 cm³/mol. The van der Waals surface area contributed by atoms with E-state index in [2.05, 4.69) is 4.74 Å². The van der Waals surface area contributed by atoms with Crippen molar-refractivity contribution in [3.8, 4) is 17.9 Å². The zero-order valence-corrected chi connectivity index (χ0v) is 10.3. The maximum atomic E-state index is 12.0. The van der Waals surface area contributed by atoms with Gasteiger partial charge in [-0.3, -0.25) is 0 Å². The number of rotatable bonds is 2. The Bertz CT molecular complexity index is 514. The van der Waals surface area contributed by atoms with Crippen molar-refractivity contribution >= 4 is 22.6 Å². The smallest absolute Gasteiger partial charge is 0.422 e. The summed E-state index contributed by atoms with van der Waals surface area (Å²) in [7, 11) is 0. The second kappa shape index (κ2) is 5.23. The summed E-state index contributed by atoms with van der Waals surface area (Å²) in [6, 6.07) is 5.95. The first kappa shape index (κ1) is 13.6. The quantitative estimate of drug-likeness (QED) is 0.769. The van der Waals surface area contributed by atoms with Crippen LogP contribution in [0.2, 0.25) is 0 Å². The lowest BCUT2D eigenvalue weighted by Gasteiger charge is -2.11. The van der Waals surface area contributed by atoms with E-state index in [1.54, 1.807) is 34.7 Å². The molecular weight excluding hydrogens is 348 g/mol. The number of alkyl halides is 3. The van der Waals surface area contributed by atoms with E-state index >= 15 is 0 Å². The molecule has 0 unspecified atom stereocenters. The van der Waals surface area contributed by atoms with Crippen molar-refractivity contribution in [2.24, 2.45) is 0 Å². The number of hydrogen-bond donors (Lipinski definition) is 0. The molecule has 1 aromatic carbocycles. The van der Waals surface area contributed by atoms with E-state index < -0.39 is 12.8 Å². The molecule has 0 aromatic heterocycles. The Kier molecular flexibility index (Phi) is 4.18. The summed E-state index contributed by atoms with van der Waals surface area (Å²) in [5.41, 5.74) is 0.0985. The topological polar surface area (TPSA) is 56.8 Å². The summed E-state index contributed by atoms with van der Waals surface area (Å²) in [5, 5.41) is 17.4. The first-order valence-electron chi connectivity index (χ1n) is 4.20. The lowest BCUT2D eigenvalue weighted by molar-refractivity contribution is -0.153. The standard InChI is InChI=1S/C10H4F3IN2O/c11-10(12,13)5-17-9-2-7(4-16)6(3-15)1-8(9)14/h1-2H,5H2. The van der Waals surface area contributed by atoms with E-state index in [1.807, 2.05) is 0 Å². The maximum Gasteiger partial charge on any atom is 0.422 e. The van der Waals surface area contributed by atoms with Gasteiger partial charge >= 0.3 is 6.18 Å². The molecular formula is C10H4F3IN2O. The van der Waals surface area contributed by atoms with Crippen LogP contribution in [0, 0.1) is 26.2 Å². The van der Waals surface area contributed by atoms with Crippen molar-refractivity contribution in [1.82, 2.24) is 0 Å². The van der Waals surface area contributed by atoms with Gasteiger partial charge in [0.2, 0.25) is 0 Å². The predicted octanol–water partition coefficient (Wildman–Crippen LogP) is 2.98. The molecule has 0 aliphatic rings. The summed E-state index contributed by atoms with van der Waals surface area (Å²) >= 11 is 1.74. The molecule has 1 aromatic rings. The van der Waals surface area contributed by atoms with Gasteiger partial charge in [0.1, 0.15) is 17.9 Å². The molecule has 0 N–H and O–H groups in total. The Hall–Kier alpha value is -1.48. The highest BCUT2D eigenvalue weighted by Gasteiger charge is 2.28. The van der Waals surface area contributed by atoms with Gasteiger partial charge < -0.3 is 4.74 Å². The number of halogens is 4. The zero-order valence-electron chi connectivity index (χ0n) is 8.18. The molecule has 0 spiro atoms. The average molecular weight is 352 g/mol. The minimum atomic E-state index is -4.44. The minimum absolute atomic E-state index is 0.00918. The van der Waals surface area contributed by atoms with E-state index in [9.17, 15) is 13.2 Å². The molecule has 88 valence electrons. The van der Waals surface area contributed by atoms with Crippen LogP contribution in [0.5, 0.6) is 5.75 Å². The van der Waals surface area contributed by atoms with Crippen molar-refractivity contribution < 1.29 is 17.9 Å². The summed E-state index contributed by atoms with van der Waals surface area (Å²) in [5.74, 6) is -0.0570. The van der Waals surface area contributed by atoms with E-state index in [1.165, 1.54) is 6.07 Å². The first-order chi connectivity index (χ1) is 7.87. The summed E-state index contributed by atoms with van der Waals surface area (Å²) in [6.45, 7) is -1.43. The molecule has 0 fully saturated rings. The second-order valence-corrected chi connectivity index (χ2v) is 4.12. The van der Waals surface area contributed by atoms with E-state index in [0.29, 0.717) is 3.57 Å². The normalized spacial score (nSPS) is 10.5. The highest BCUT2D eigenvalue weighted by molar-refractivity contribution is 14.1. The molecule has 17 heavy (non-hydrogen) atoms. The van der Waals surface area contributed by atoms with Crippen LogP contribution in [0.25, 0.3) is 0 Å². The Balaban J connectivity index is 3.03. The number of hydrogen-bond acceptors (Lipinski definition) is 3. The van der Waals surface area contributed by atoms with Gasteiger partial charge in [-0.1, -0.05) is 0 Å². The zero-order chi connectivity index (χ0) is 13.1. The first-order valence-corrected chi connectivity index (χ1v) is 5.28. The number of ether oxygens (including phenoxy) is 1. The van der Waals surface area contributed by atoms with Crippen LogP contribution in [0.15, 0.2) is 12.1 Å². The minimum Gasteiger partial charge on any atom is -0.483 e. The van der Waals surface area contributed by atoms with E-state index in [4.69, 9.17) is 10.5 Å². The lowest BCUT2D eigenvalue weighted by atomic mass is 10.1. The van der Waals surface area contributed by atoms with Crippen molar-refractivity contribution in [1.29, 1.82) is 10.5 Å². The van der Waals surface area contributed by atoms with Gasteiger partial charge in [-0.05, 0) is 28.7 Å². The van der Waals surface area contributed by atoms with Crippen LogP contribution < -0.4 is 4.74 Å². The molecule has 3 nitrogen and oxygen atoms in total. The molecule has 1 rings (SSSR count). The summed E-state index contributed by atoms with van der Waals surface area (Å²) in [4.78, 5) is 0. The Morgan fingerprint density at radius 3 is 2.18 bits per heavy atom. The highest BCUT2D eigenvalue weighted by Crippen LogP contribution is 2.26. The van der Waals surface area contributed by atoms with Crippen LogP contribution in [0.4, 0.5) is 13.2 Å². The van der Waals surface area contributed by atoms with Gasteiger partial charge in [0.15, 0.2) is 6.61 Å². The van der Waals surface area contributed by atoms with E-state index in [0.717, 1.165) is 6.07 Å². The molecule has 7 heteroatoms. The monoisotopic (exact) mass is 352 g/mol. The van der Waals surface area contributed by atoms with Crippen molar-refractivity contribution in [3.05, 3.63) is 26.8 Å². The molecule has 0 heterocycles. The van der Waals surface area contributed by atoms with Crippen molar-refractivity contribution in [2.75, 3.05) is 6.61 Å². The van der Waals surface area contributed by atoms with Crippen molar-refractivity contribution in [3.63, 3.8) is 0 Å². The second-order valence-electron chi connectivity index (χ2n) is 2.96. The third-order valence-electron chi connectivity index (χ3n) is 1.70. The fraction of sp³-hybridized carbons (Fsp3) is 0.200. The Morgan fingerprint density at radius 2 is 1.71 bits per heavy atom. The third-order valence-corrected chi connectivity index (χ3v) is 2.55. The van der Waals surface area contributed by atoms with Gasteiger partial charge in [-0.15, -0.1) is 0 Å².